The van der Waals surface area contributed by atoms with Crippen molar-refractivity contribution in [1.82, 2.24) is 0 Å². The molecule has 0 nitrogen and oxygen atoms in total. The molecule has 0 aliphatic carbocycles. The summed E-state index contributed by atoms with van der Waals surface area (Å²) in [7, 11) is 0. The predicted octanol–water partition coefficient (Wildman–Crippen LogP) is 5.14. The first kappa shape index (κ1) is 15.7. The van der Waals surface area contributed by atoms with E-state index in [-0.39, 0.29) is 0 Å². The van der Waals surface area contributed by atoms with Crippen LogP contribution in [0.25, 0.3) is 0 Å². The van der Waals surface area contributed by atoms with E-state index in [0.29, 0.717) is 0 Å². The van der Waals surface area contributed by atoms with Crippen LogP contribution >= 0.6 is 0 Å². The molecule has 0 aliphatic heterocycles. The Kier molecular flexibility index (Phi) is 13.7. The highest BCUT2D eigenvalue weighted by Crippen LogP contribution is 2.00. The molecule has 82 valence electrons. The van der Waals surface area contributed by atoms with Gasteiger partial charge in [0.1, 0.15) is 0 Å². The molecule has 1 aromatic rings. The Morgan fingerprint density at radius 1 is 0.786 bits per heavy atom. The van der Waals surface area contributed by atoms with Crippen LogP contribution in [0, 0.1) is 13.8 Å². The van der Waals surface area contributed by atoms with Crippen molar-refractivity contribution >= 4 is 0 Å². The zero-order chi connectivity index (χ0) is 11.4. The molecule has 0 atom stereocenters. The lowest BCUT2D eigenvalue weighted by molar-refractivity contribution is 1.09. The van der Waals surface area contributed by atoms with Crippen LogP contribution in [-0.2, 0) is 0 Å². The quantitative estimate of drug-likeness (QED) is 0.536. The van der Waals surface area contributed by atoms with Gasteiger partial charge in [0.25, 0.3) is 0 Å². The van der Waals surface area contributed by atoms with Gasteiger partial charge in [0.2, 0.25) is 0 Å². The fourth-order valence-corrected chi connectivity index (χ4v) is 0.807. The van der Waals surface area contributed by atoms with Gasteiger partial charge in [0.05, 0.1) is 0 Å². The molecule has 0 fully saturated rings. The zero-order valence-corrected chi connectivity index (χ0v) is 10.7. The number of aryl methyl sites for hydroxylation is 2. The highest BCUT2D eigenvalue weighted by Gasteiger charge is 1.80. The highest BCUT2D eigenvalue weighted by atomic mass is 13.9. The average Bonchev–Trinajstić information content (AvgIpc) is 2.06. The van der Waals surface area contributed by atoms with Crippen LogP contribution in [0.3, 0.4) is 0 Å². The third-order valence-corrected chi connectivity index (χ3v) is 1.17. The lowest BCUT2D eigenvalue weighted by Crippen LogP contribution is -1.71. The van der Waals surface area contributed by atoms with Crippen LogP contribution < -0.4 is 0 Å². The fourth-order valence-electron chi connectivity index (χ4n) is 0.807. The van der Waals surface area contributed by atoms with E-state index in [1.165, 1.54) is 24.0 Å². The molecule has 1 rings (SSSR count). The summed E-state index contributed by atoms with van der Waals surface area (Å²) in [6.45, 7) is 12.7. The molecular formula is C14H26. The van der Waals surface area contributed by atoms with E-state index in [9.17, 15) is 0 Å². The molecule has 0 aliphatic rings. The zero-order valence-electron chi connectivity index (χ0n) is 10.7. The minimum atomic E-state index is 1.25. The van der Waals surface area contributed by atoms with E-state index in [1.54, 1.807) is 0 Å². The Morgan fingerprint density at radius 3 is 1.21 bits per heavy atom. The maximum absolute atomic E-state index is 2.17. The SMILES string of the molecule is CCC.CCC.Cc1cccc(C)c1. The topological polar surface area (TPSA) is 0 Å². The van der Waals surface area contributed by atoms with Gasteiger partial charge in [-0.3, -0.25) is 0 Å². The lowest BCUT2D eigenvalue weighted by Gasteiger charge is -1.90. The molecule has 0 radical (unpaired) electrons. The third-order valence-electron chi connectivity index (χ3n) is 1.17. The van der Waals surface area contributed by atoms with Crippen LogP contribution in [-0.4, -0.2) is 0 Å². The largest absolute Gasteiger partial charge is 0.0656 e. The van der Waals surface area contributed by atoms with Crippen molar-refractivity contribution in [3.8, 4) is 0 Å². The summed E-state index contributed by atoms with van der Waals surface area (Å²) in [6.07, 6.45) is 2.50. The summed E-state index contributed by atoms with van der Waals surface area (Å²) in [5, 5.41) is 0. The second-order valence-electron chi connectivity index (χ2n) is 3.57. The van der Waals surface area contributed by atoms with Crippen molar-refractivity contribution < 1.29 is 0 Å². The molecule has 0 N–H and O–H groups in total. The molecule has 14 heavy (non-hydrogen) atoms. The number of rotatable bonds is 0. The molecule has 0 saturated carbocycles. The van der Waals surface area contributed by atoms with E-state index in [2.05, 4.69) is 65.8 Å². The van der Waals surface area contributed by atoms with Crippen molar-refractivity contribution in [3.63, 3.8) is 0 Å². The van der Waals surface area contributed by atoms with Gasteiger partial charge in [-0.25, -0.2) is 0 Å². The summed E-state index contributed by atoms with van der Waals surface area (Å²) < 4.78 is 0. The second-order valence-corrected chi connectivity index (χ2v) is 3.57. The van der Waals surface area contributed by atoms with Crippen LogP contribution in [0.15, 0.2) is 24.3 Å². The summed E-state index contributed by atoms with van der Waals surface area (Å²) in [4.78, 5) is 0. The first-order valence-electron chi connectivity index (χ1n) is 5.65. The van der Waals surface area contributed by atoms with Crippen molar-refractivity contribution in [2.75, 3.05) is 0 Å². The minimum absolute atomic E-state index is 1.25. The van der Waals surface area contributed by atoms with Gasteiger partial charge < -0.3 is 0 Å². The highest BCUT2D eigenvalue weighted by molar-refractivity contribution is 5.20. The van der Waals surface area contributed by atoms with E-state index in [0.717, 1.165) is 0 Å². The molecular weight excluding hydrogens is 168 g/mol. The summed E-state index contributed by atoms with van der Waals surface area (Å²) >= 11 is 0. The van der Waals surface area contributed by atoms with E-state index < -0.39 is 0 Å². The van der Waals surface area contributed by atoms with E-state index in [1.807, 2.05) is 0 Å². The van der Waals surface area contributed by atoms with Gasteiger partial charge >= 0.3 is 0 Å². The van der Waals surface area contributed by atoms with E-state index in [4.69, 9.17) is 0 Å². The molecule has 0 heteroatoms. The Balaban J connectivity index is 0. The molecule has 0 amide bonds. The van der Waals surface area contributed by atoms with Crippen molar-refractivity contribution in [1.29, 1.82) is 0 Å². The summed E-state index contributed by atoms with van der Waals surface area (Å²) in [6, 6.07) is 8.45. The first-order valence-corrected chi connectivity index (χ1v) is 5.65. The summed E-state index contributed by atoms with van der Waals surface area (Å²) in [5.41, 5.74) is 2.68. The predicted molar refractivity (Wildman–Crippen MR) is 67.8 cm³/mol. The van der Waals surface area contributed by atoms with Crippen LogP contribution in [0.1, 0.15) is 51.7 Å². The Morgan fingerprint density at radius 2 is 1.07 bits per heavy atom. The Labute approximate surface area is 90.4 Å². The fraction of sp³-hybridized carbons (Fsp3) is 0.571. The van der Waals surface area contributed by atoms with Gasteiger partial charge in [0, 0.05) is 0 Å². The molecule has 1 aromatic carbocycles. The number of benzene rings is 1. The van der Waals surface area contributed by atoms with Crippen molar-refractivity contribution in [3.05, 3.63) is 35.4 Å². The minimum Gasteiger partial charge on any atom is -0.0656 e. The third kappa shape index (κ3) is 13.8. The molecule has 0 heterocycles. The van der Waals surface area contributed by atoms with Gasteiger partial charge in [-0.1, -0.05) is 75.9 Å². The average molecular weight is 194 g/mol. The molecule has 0 spiro atoms. The molecule has 0 aromatic heterocycles. The van der Waals surface area contributed by atoms with Gasteiger partial charge in [-0.15, -0.1) is 0 Å². The molecule has 0 unspecified atom stereocenters. The van der Waals surface area contributed by atoms with Crippen LogP contribution in [0.5, 0.6) is 0 Å². The van der Waals surface area contributed by atoms with Crippen LogP contribution in [0.2, 0.25) is 0 Å². The van der Waals surface area contributed by atoms with Gasteiger partial charge in [-0.05, 0) is 13.8 Å². The van der Waals surface area contributed by atoms with Crippen molar-refractivity contribution in [2.24, 2.45) is 0 Å². The first-order chi connectivity index (χ1) is 6.62. The second kappa shape index (κ2) is 12.2. The molecule has 0 bridgehead atoms. The Hall–Kier alpha value is -0.780. The smallest absolute Gasteiger partial charge is 0.0398 e. The maximum atomic E-state index is 2.17. The van der Waals surface area contributed by atoms with Crippen molar-refractivity contribution in [2.45, 2.75) is 54.4 Å². The Bertz CT molecular complexity index is 182. The van der Waals surface area contributed by atoms with Gasteiger partial charge in [0.15, 0.2) is 0 Å². The van der Waals surface area contributed by atoms with E-state index >= 15 is 0 Å². The van der Waals surface area contributed by atoms with Gasteiger partial charge in [-0.2, -0.15) is 0 Å². The number of hydrogen-bond acceptors (Lipinski definition) is 0. The normalized spacial score (nSPS) is 7.86. The monoisotopic (exact) mass is 194 g/mol. The standard InChI is InChI=1S/C8H10.2C3H8/c1-7-4-3-5-8(2)6-7;2*1-3-2/h3-6H,1-2H3;2*3H2,1-2H3. The lowest BCUT2D eigenvalue weighted by atomic mass is 10.2. The molecule has 0 saturated heterocycles. The van der Waals surface area contributed by atoms with Crippen LogP contribution in [0.4, 0.5) is 0 Å². The summed E-state index contributed by atoms with van der Waals surface area (Å²) in [5.74, 6) is 0. The maximum Gasteiger partial charge on any atom is -0.0398 e. The number of hydrogen-bond donors (Lipinski definition) is 0.